The van der Waals surface area contributed by atoms with Gasteiger partial charge in [-0.15, -0.1) is 0 Å². The largest absolute Gasteiger partial charge is 0.444 e. The molecule has 1 atom stereocenters. The number of carbonyl (C=O) groups is 2. The van der Waals surface area contributed by atoms with E-state index in [9.17, 15) is 9.59 Å². The maximum absolute atomic E-state index is 11.9. The monoisotopic (exact) mass is 314 g/mol. The van der Waals surface area contributed by atoms with Crippen LogP contribution in [-0.2, 0) is 19.0 Å². The lowest BCUT2D eigenvalue weighted by Gasteiger charge is -2.34. The average molecular weight is 314 g/mol. The van der Waals surface area contributed by atoms with Gasteiger partial charge in [-0.2, -0.15) is 0 Å². The lowest BCUT2D eigenvalue weighted by molar-refractivity contribution is -0.164. The summed E-state index contributed by atoms with van der Waals surface area (Å²) in [5, 5.41) is 2.68. The molecule has 0 bridgehead atoms. The van der Waals surface area contributed by atoms with Crippen LogP contribution in [0, 0.1) is 5.92 Å². The zero-order valence-corrected chi connectivity index (χ0v) is 13.6. The summed E-state index contributed by atoms with van der Waals surface area (Å²) in [5.41, 5.74) is -0.552. The smallest absolute Gasteiger partial charge is 0.407 e. The molecule has 1 N–H and O–H groups in total. The zero-order valence-electron chi connectivity index (χ0n) is 13.6. The fourth-order valence-corrected chi connectivity index (χ4v) is 2.14. The van der Waals surface area contributed by atoms with E-state index in [2.05, 4.69) is 5.32 Å². The Morgan fingerprint density at radius 3 is 2.45 bits per heavy atom. The van der Waals surface area contributed by atoms with Gasteiger partial charge in [-0.3, -0.25) is 9.69 Å². The summed E-state index contributed by atoms with van der Waals surface area (Å²) in [6.07, 6.45) is 0.820. The van der Waals surface area contributed by atoms with Gasteiger partial charge in [0.25, 0.3) is 0 Å². The van der Waals surface area contributed by atoms with Crippen molar-refractivity contribution in [2.75, 3.05) is 32.8 Å². The third-order valence-corrected chi connectivity index (χ3v) is 3.44. The minimum absolute atomic E-state index is 0.0325. The first kappa shape index (κ1) is 17.0. The topological polar surface area (TPSA) is 77.1 Å². The van der Waals surface area contributed by atoms with Crippen LogP contribution >= 0.6 is 0 Å². The van der Waals surface area contributed by atoms with Crippen molar-refractivity contribution in [1.29, 1.82) is 0 Å². The van der Waals surface area contributed by atoms with E-state index in [0.717, 1.165) is 12.8 Å². The summed E-state index contributed by atoms with van der Waals surface area (Å²) in [6, 6.07) is 0. The van der Waals surface area contributed by atoms with Gasteiger partial charge in [0.15, 0.2) is 6.23 Å². The maximum Gasteiger partial charge on any atom is 0.407 e. The van der Waals surface area contributed by atoms with Gasteiger partial charge in [0, 0.05) is 13.1 Å². The number of esters is 1. The highest BCUT2D eigenvalue weighted by atomic mass is 16.6. The third-order valence-electron chi connectivity index (χ3n) is 3.44. The third kappa shape index (κ3) is 5.81. The van der Waals surface area contributed by atoms with E-state index in [1.54, 1.807) is 20.8 Å². The number of hydrogen-bond acceptors (Lipinski definition) is 6. The van der Waals surface area contributed by atoms with Gasteiger partial charge in [-0.1, -0.05) is 0 Å². The molecule has 2 rings (SSSR count). The highest BCUT2D eigenvalue weighted by Gasteiger charge is 2.35. The molecule has 1 aliphatic carbocycles. The van der Waals surface area contributed by atoms with Gasteiger partial charge in [-0.25, -0.2) is 4.79 Å². The second-order valence-electron chi connectivity index (χ2n) is 6.70. The van der Waals surface area contributed by atoms with Gasteiger partial charge < -0.3 is 19.5 Å². The van der Waals surface area contributed by atoms with E-state index in [4.69, 9.17) is 14.2 Å². The maximum atomic E-state index is 11.9. The summed E-state index contributed by atoms with van der Waals surface area (Å²) < 4.78 is 16.1. The van der Waals surface area contributed by atoms with Crippen molar-refractivity contribution in [3.05, 3.63) is 0 Å². The van der Waals surface area contributed by atoms with Crippen LogP contribution in [-0.4, -0.2) is 61.6 Å². The van der Waals surface area contributed by atoms with Crippen LogP contribution in [0.2, 0.25) is 0 Å². The number of morpholine rings is 1. The van der Waals surface area contributed by atoms with Crippen LogP contribution in [0.25, 0.3) is 0 Å². The molecule has 7 heteroatoms. The number of ether oxygens (including phenoxy) is 3. The molecule has 1 aliphatic heterocycles. The number of carbonyl (C=O) groups excluding carboxylic acids is 2. The Labute approximate surface area is 131 Å². The summed E-state index contributed by atoms with van der Waals surface area (Å²) in [4.78, 5) is 25.7. The summed E-state index contributed by atoms with van der Waals surface area (Å²) >= 11 is 0. The predicted octanol–water partition coefficient (Wildman–Crippen LogP) is 1.12. The first-order chi connectivity index (χ1) is 10.3. The molecule has 1 amide bonds. The Morgan fingerprint density at radius 1 is 1.27 bits per heavy atom. The lowest BCUT2D eigenvalue weighted by Crippen LogP contribution is -2.51. The van der Waals surface area contributed by atoms with Crippen LogP contribution < -0.4 is 5.32 Å². The minimum atomic E-state index is -0.552. The highest BCUT2D eigenvalue weighted by Crippen LogP contribution is 2.30. The van der Waals surface area contributed by atoms with Crippen molar-refractivity contribution >= 4 is 12.1 Å². The molecule has 0 aromatic carbocycles. The first-order valence-electron chi connectivity index (χ1n) is 7.84. The van der Waals surface area contributed by atoms with Crippen LogP contribution in [0.5, 0.6) is 0 Å². The van der Waals surface area contributed by atoms with Crippen molar-refractivity contribution in [3.63, 3.8) is 0 Å². The second kappa shape index (κ2) is 7.28. The Bertz CT molecular complexity index is 397. The summed E-state index contributed by atoms with van der Waals surface area (Å²) in [7, 11) is 0. The molecular weight excluding hydrogens is 288 g/mol. The van der Waals surface area contributed by atoms with Gasteiger partial charge in [-0.05, 0) is 33.6 Å². The van der Waals surface area contributed by atoms with Crippen LogP contribution in [0.3, 0.4) is 0 Å². The van der Waals surface area contributed by atoms with Crippen molar-refractivity contribution in [2.24, 2.45) is 5.92 Å². The standard InChI is InChI=1S/C15H26N2O5/c1-15(2,3)22-14(19)16-10-12(17-6-8-20-9-7-17)21-13(18)11-4-5-11/h11-12H,4-10H2,1-3H3,(H,16,19)/t12-/m1/s1. The molecule has 0 spiro atoms. The number of amides is 1. The molecule has 22 heavy (non-hydrogen) atoms. The van der Waals surface area contributed by atoms with Gasteiger partial charge in [0.2, 0.25) is 0 Å². The number of rotatable bonds is 5. The molecule has 1 saturated heterocycles. The second-order valence-corrected chi connectivity index (χ2v) is 6.70. The first-order valence-corrected chi connectivity index (χ1v) is 7.84. The Balaban J connectivity index is 1.85. The molecule has 1 saturated carbocycles. The fourth-order valence-electron chi connectivity index (χ4n) is 2.14. The fraction of sp³-hybridized carbons (Fsp3) is 0.867. The average Bonchev–Trinajstić information content (AvgIpc) is 3.26. The molecule has 1 heterocycles. The van der Waals surface area contributed by atoms with Gasteiger partial charge >= 0.3 is 12.1 Å². The van der Waals surface area contributed by atoms with Crippen LogP contribution in [0.4, 0.5) is 4.79 Å². The van der Waals surface area contributed by atoms with E-state index in [0.29, 0.717) is 26.3 Å². The zero-order chi connectivity index (χ0) is 16.2. The molecule has 2 fully saturated rings. The van der Waals surface area contributed by atoms with Crippen molar-refractivity contribution in [2.45, 2.75) is 45.4 Å². The number of alkyl carbamates (subject to hydrolysis) is 1. The molecule has 0 unspecified atom stereocenters. The molecule has 0 aromatic rings. The van der Waals surface area contributed by atoms with E-state index in [-0.39, 0.29) is 18.4 Å². The Hall–Kier alpha value is -1.34. The lowest BCUT2D eigenvalue weighted by atomic mass is 10.2. The van der Waals surface area contributed by atoms with E-state index in [1.807, 2.05) is 4.90 Å². The van der Waals surface area contributed by atoms with Gasteiger partial charge in [0.1, 0.15) is 5.60 Å². The molecule has 126 valence electrons. The quantitative estimate of drug-likeness (QED) is 0.766. The number of nitrogens with one attached hydrogen (secondary N) is 1. The Kier molecular flexibility index (Phi) is 5.63. The SMILES string of the molecule is CC(C)(C)OC(=O)NC[C@@H](OC(=O)C1CC1)N1CCOCC1. The molecule has 2 aliphatic rings. The van der Waals surface area contributed by atoms with Crippen molar-refractivity contribution in [1.82, 2.24) is 10.2 Å². The minimum Gasteiger partial charge on any atom is -0.444 e. The van der Waals surface area contributed by atoms with E-state index >= 15 is 0 Å². The highest BCUT2D eigenvalue weighted by molar-refractivity contribution is 5.75. The van der Waals surface area contributed by atoms with Crippen molar-refractivity contribution in [3.8, 4) is 0 Å². The molecule has 7 nitrogen and oxygen atoms in total. The Morgan fingerprint density at radius 2 is 1.91 bits per heavy atom. The number of nitrogens with zero attached hydrogens (tertiary/aromatic N) is 1. The van der Waals surface area contributed by atoms with Crippen LogP contribution in [0.1, 0.15) is 33.6 Å². The molecule has 0 radical (unpaired) electrons. The van der Waals surface area contributed by atoms with Crippen molar-refractivity contribution < 1.29 is 23.8 Å². The summed E-state index contributed by atoms with van der Waals surface area (Å²) in [5.74, 6) is -0.146. The molecule has 0 aromatic heterocycles. The predicted molar refractivity (Wildman–Crippen MR) is 79.2 cm³/mol. The van der Waals surface area contributed by atoms with Gasteiger partial charge in [0.05, 0.1) is 25.7 Å². The van der Waals surface area contributed by atoms with E-state index in [1.165, 1.54) is 0 Å². The van der Waals surface area contributed by atoms with Crippen LogP contribution in [0.15, 0.2) is 0 Å². The number of hydrogen-bond donors (Lipinski definition) is 1. The van der Waals surface area contributed by atoms with E-state index < -0.39 is 17.9 Å². The normalized spacial score (nSPS) is 21.0. The molecular formula is C15H26N2O5. The summed E-state index contributed by atoms with van der Waals surface area (Å²) in [6.45, 7) is 8.19.